The molecule has 0 radical (unpaired) electrons. The van der Waals surface area contributed by atoms with Gasteiger partial charge in [0.15, 0.2) is 0 Å². The molecule has 0 aromatic carbocycles. The van der Waals surface area contributed by atoms with E-state index in [2.05, 4.69) is 66.6 Å². The molecule has 4 unspecified atom stereocenters. The Hall–Kier alpha value is -0.420. The molecule has 0 spiro atoms. The van der Waals surface area contributed by atoms with E-state index in [1.54, 1.807) is 5.57 Å². The minimum absolute atomic E-state index is 0.353. The minimum atomic E-state index is 0.353. The minimum Gasteiger partial charge on any atom is -0.380 e. The molecule has 4 heteroatoms. The molecule has 0 bridgehead atoms. The lowest BCUT2D eigenvalue weighted by Gasteiger charge is -2.50. The number of hydrogen-bond acceptors (Lipinski definition) is 4. The summed E-state index contributed by atoms with van der Waals surface area (Å²) in [4.78, 5) is 2.25. The van der Waals surface area contributed by atoms with Gasteiger partial charge < -0.3 is 19.1 Å². The van der Waals surface area contributed by atoms with Gasteiger partial charge in [-0.1, -0.05) is 130 Å². The van der Waals surface area contributed by atoms with Crippen molar-refractivity contribution in [1.29, 1.82) is 0 Å². The number of likely N-dealkylation sites (N-methyl/N-ethyl adjacent to an activating group) is 1. The van der Waals surface area contributed by atoms with Gasteiger partial charge in [0, 0.05) is 19.8 Å². The molecular formula is C48H91NO3. The van der Waals surface area contributed by atoms with Crippen molar-refractivity contribution >= 4 is 0 Å². The van der Waals surface area contributed by atoms with Gasteiger partial charge in [0.25, 0.3) is 0 Å². The summed E-state index contributed by atoms with van der Waals surface area (Å²) in [6.45, 7) is 19.1. The van der Waals surface area contributed by atoms with Crippen molar-refractivity contribution in [2.75, 3.05) is 47.1 Å². The quantitative estimate of drug-likeness (QED) is 0.0566. The third kappa shape index (κ3) is 16.4. The van der Waals surface area contributed by atoms with E-state index in [1.165, 1.54) is 154 Å². The van der Waals surface area contributed by atoms with Gasteiger partial charge in [-0.2, -0.15) is 0 Å². The van der Waals surface area contributed by atoms with Crippen molar-refractivity contribution in [3.8, 4) is 0 Å². The maximum Gasteiger partial charge on any atom is 0.0644 e. The van der Waals surface area contributed by atoms with E-state index < -0.39 is 0 Å². The fourth-order valence-corrected chi connectivity index (χ4v) is 10.8. The Kier molecular flexibility index (Phi) is 23.4. The Labute approximate surface area is 325 Å². The third-order valence-corrected chi connectivity index (χ3v) is 14.3. The molecule has 306 valence electrons. The second-order valence-electron chi connectivity index (χ2n) is 19.0. The molecule has 8 atom stereocenters. The SMILES string of the molecule is CCCCCCCOCC(COCCCCCCCCOC1CCC/C(=C\CC2[C@@H](CC)CCC3(C)[C@@H]([C@H](C)CCCC(C)C)CC[C@@H]23)C1)N(C)C. The number of rotatable bonds is 29. The summed E-state index contributed by atoms with van der Waals surface area (Å²) in [5.41, 5.74) is 2.30. The first-order valence-electron chi connectivity index (χ1n) is 23.3. The summed E-state index contributed by atoms with van der Waals surface area (Å²) in [6, 6.07) is 0.353. The van der Waals surface area contributed by atoms with Crippen LogP contribution in [-0.4, -0.2) is 64.2 Å². The van der Waals surface area contributed by atoms with Crippen molar-refractivity contribution in [2.24, 2.45) is 40.9 Å². The summed E-state index contributed by atoms with van der Waals surface area (Å²) in [6.07, 6.45) is 35.3. The molecule has 52 heavy (non-hydrogen) atoms. The van der Waals surface area contributed by atoms with Crippen LogP contribution in [0.5, 0.6) is 0 Å². The predicted molar refractivity (Wildman–Crippen MR) is 225 cm³/mol. The summed E-state index contributed by atoms with van der Waals surface area (Å²) in [5, 5.41) is 0. The Morgan fingerprint density at radius 2 is 1.42 bits per heavy atom. The smallest absolute Gasteiger partial charge is 0.0644 e. The molecule has 0 saturated heterocycles. The molecule has 3 saturated carbocycles. The molecule has 0 heterocycles. The molecule has 0 N–H and O–H groups in total. The Morgan fingerprint density at radius 3 is 2.06 bits per heavy atom. The molecule has 4 nitrogen and oxygen atoms in total. The van der Waals surface area contributed by atoms with E-state index >= 15 is 0 Å². The highest BCUT2D eigenvalue weighted by atomic mass is 16.5. The Balaban J connectivity index is 1.26. The first-order chi connectivity index (χ1) is 25.2. The van der Waals surface area contributed by atoms with Crippen molar-refractivity contribution in [3.63, 3.8) is 0 Å². The van der Waals surface area contributed by atoms with Gasteiger partial charge in [-0.05, 0) is 132 Å². The molecule has 0 aromatic rings. The van der Waals surface area contributed by atoms with E-state index in [0.717, 1.165) is 68.5 Å². The van der Waals surface area contributed by atoms with E-state index in [9.17, 15) is 0 Å². The van der Waals surface area contributed by atoms with Gasteiger partial charge in [-0.25, -0.2) is 0 Å². The summed E-state index contributed by atoms with van der Waals surface area (Å²) >= 11 is 0. The van der Waals surface area contributed by atoms with Gasteiger partial charge in [-0.15, -0.1) is 0 Å². The summed E-state index contributed by atoms with van der Waals surface area (Å²) in [5.74, 6) is 5.48. The second-order valence-corrected chi connectivity index (χ2v) is 19.0. The fourth-order valence-electron chi connectivity index (χ4n) is 10.8. The van der Waals surface area contributed by atoms with Crippen LogP contribution in [0.25, 0.3) is 0 Å². The van der Waals surface area contributed by atoms with Crippen LogP contribution < -0.4 is 0 Å². The van der Waals surface area contributed by atoms with E-state index in [-0.39, 0.29) is 0 Å². The summed E-state index contributed by atoms with van der Waals surface area (Å²) in [7, 11) is 4.28. The Morgan fingerprint density at radius 1 is 0.769 bits per heavy atom. The van der Waals surface area contributed by atoms with Gasteiger partial charge in [-0.3, -0.25) is 0 Å². The van der Waals surface area contributed by atoms with Gasteiger partial charge in [0.1, 0.15) is 0 Å². The first-order valence-corrected chi connectivity index (χ1v) is 23.3. The van der Waals surface area contributed by atoms with Gasteiger partial charge >= 0.3 is 0 Å². The van der Waals surface area contributed by atoms with Crippen LogP contribution in [0.3, 0.4) is 0 Å². The average molecular weight is 730 g/mol. The Bertz CT molecular complexity index is 917. The molecule has 3 rings (SSSR count). The van der Waals surface area contributed by atoms with Crippen LogP contribution >= 0.6 is 0 Å². The highest BCUT2D eigenvalue weighted by molar-refractivity contribution is 5.10. The second kappa shape index (κ2) is 26.4. The van der Waals surface area contributed by atoms with E-state index in [1.807, 2.05) is 0 Å². The van der Waals surface area contributed by atoms with Gasteiger partial charge in [0.2, 0.25) is 0 Å². The lowest BCUT2D eigenvalue weighted by Crippen LogP contribution is -2.42. The summed E-state index contributed by atoms with van der Waals surface area (Å²) < 4.78 is 18.5. The largest absolute Gasteiger partial charge is 0.380 e. The maximum atomic E-state index is 6.50. The normalized spacial score (nSPS) is 28.6. The highest BCUT2D eigenvalue weighted by Gasteiger charge is 2.54. The van der Waals surface area contributed by atoms with Crippen LogP contribution in [0, 0.1) is 40.9 Å². The monoisotopic (exact) mass is 730 g/mol. The molecular weight excluding hydrogens is 639 g/mol. The van der Waals surface area contributed by atoms with Gasteiger partial charge in [0.05, 0.1) is 25.4 Å². The van der Waals surface area contributed by atoms with Crippen molar-refractivity contribution < 1.29 is 14.2 Å². The lowest BCUT2D eigenvalue weighted by molar-refractivity contribution is -0.00464. The third-order valence-electron chi connectivity index (χ3n) is 14.3. The van der Waals surface area contributed by atoms with E-state index in [0.29, 0.717) is 17.6 Å². The molecule has 3 fully saturated rings. The number of fused-ring (bicyclic) bond motifs is 1. The van der Waals surface area contributed by atoms with Crippen molar-refractivity contribution in [1.82, 2.24) is 4.90 Å². The standard InChI is InChI=1S/C48H91NO3/c1-9-11-12-15-18-33-50-37-43(49(7)8)38-51-34-19-16-13-14-17-20-35-52-44-26-22-25-41(36-44)27-28-45-42(10-2)31-32-48(6)46(29-30-47(45)48)40(5)24-21-23-39(3)4/h27,39-40,42-47H,9-26,28-38H2,1-8H3/b41-27+/t40-,42+,43?,44?,45?,46-,47+,48?/m1/s1. The maximum absolute atomic E-state index is 6.50. The van der Waals surface area contributed by atoms with Crippen LogP contribution in [0.1, 0.15) is 196 Å². The first kappa shape index (κ1) is 46.0. The molecule has 3 aliphatic rings. The van der Waals surface area contributed by atoms with Crippen LogP contribution in [0.2, 0.25) is 0 Å². The molecule has 3 aliphatic carbocycles. The zero-order valence-electron chi connectivity index (χ0n) is 36.4. The number of nitrogens with zero attached hydrogens (tertiary/aromatic N) is 1. The molecule has 0 aliphatic heterocycles. The van der Waals surface area contributed by atoms with Crippen molar-refractivity contribution in [3.05, 3.63) is 11.6 Å². The van der Waals surface area contributed by atoms with Crippen LogP contribution in [0.15, 0.2) is 11.6 Å². The zero-order valence-corrected chi connectivity index (χ0v) is 36.4. The lowest BCUT2D eigenvalue weighted by atomic mass is 9.55. The van der Waals surface area contributed by atoms with E-state index in [4.69, 9.17) is 14.2 Å². The average Bonchev–Trinajstić information content (AvgIpc) is 3.48. The fraction of sp³-hybridized carbons (Fsp3) is 0.958. The number of ether oxygens (including phenoxy) is 3. The van der Waals surface area contributed by atoms with Crippen LogP contribution in [-0.2, 0) is 14.2 Å². The topological polar surface area (TPSA) is 30.9 Å². The van der Waals surface area contributed by atoms with Crippen LogP contribution in [0.4, 0.5) is 0 Å². The highest BCUT2D eigenvalue weighted by Crippen LogP contribution is 2.62. The molecule has 0 amide bonds. The zero-order chi connectivity index (χ0) is 37.6. The molecule has 0 aromatic heterocycles. The number of hydrogen-bond donors (Lipinski definition) is 0. The van der Waals surface area contributed by atoms with Crippen molar-refractivity contribution in [2.45, 2.75) is 208 Å². The number of unbranched alkanes of at least 4 members (excludes halogenated alkanes) is 9. The predicted octanol–water partition coefficient (Wildman–Crippen LogP) is 13.5. The number of allylic oxidation sites excluding steroid dienone is 1.